The van der Waals surface area contributed by atoms with Crippen molar-refractivity contribution in [1.82, 2.24) is 0 Å². The predicted octanol–water partition coefficient (Wildman–Crippen LogP) is 2.82. The molecule has 3 nitrogen and oxygen atoms in total. The first-order valence-corrected chi connectivity index (χ1v) is 5.74. The lowest BCUT2D eigenvalue weighted by Gasteiger charge is -2.28. The number of rotatable bonds is 5. The van der Waals surface area contributed by atoms with Gasteiger partial charge in [-0.25, -0.2) is 4.39 Å². The summed E-state index contributed by atoms with van der Waals surface area (Å²) in [7, 11) is 1.18. The Morgan fingerprint density at radius 1 is 1.40 bits per heavy atom. The van der Waals surface area contributed by atoms with E-state index in [1.807, 2.05) is 0 Å². The molecule has 0 saturated carbocycles. The van der Waals surface area contributed by atoms with Gasteiger partial charge in [0.1, 0.15) is 0 Å². The molecule has 0 aliphatic rings. The van der Waals surface area contributed by atoms with Crippen molar-refractivity contribution in [3.8, 4) is 5.75 Å². The molecule has 7 heteroatoms. The Bertz CT molecular complexity index is 487. The Balaban J connectivity index is 3.11. The van der Waals surface area contributed by atoms with Crippen LogP contribution in [-0.2, 0) is 4.79 Å². The van der Waals surface area contributed by atoms with Crippen LogP contribution in [0.4, 0.5) is 17.6 Å². The maximum absolute atomic E-state index is 13.5. The molecule has 0 bridgehead atoms. The van der Waals surface area contributed by atoms with E-state index in [0.717, 1.165) is 6.07 Å². The van der Waals surface area contributed by atoms with E-state index >= 15 is 0 Å². The Hall–Kier alpha value is -1.63. The minimum absolute atomic E-state index is 0.150. The molecular formula is C13H14F4O3. The molecule has 0 amide bonds. The van der Waals surface area contributed by atoms with Crippen LogP contribution < -0.4 is 4.74 Å². The second-order valence-electron chi connectivity index (χ2n) is 4.51. The zero-order valence-electron chi connectivity index (χ0n) is 10.9. The lowest BCUT2D eigenvalue weighted by molar-refractivity contribution is -0.247. The van der Waals surface area contributed by atoms with Crippen LogP contribution in [0.1, 0.15) is 24.8 Å². The van der Waals surface area contributed by atoms with Crippen molar-refractivity contribution in [3.05, 3.63) is 29.6 Å². The van der Waals surface area contributed by atoms with Gasteiger partial charge >= 0.3 is 6.18 Å². The van der Waals surface area contributed by atoms with E-state index in [4.69, 9.17) is 4.74 Å². The number of carbonyl (C=O) groups excluding carboxylic acids is 1. The summed E-state index contributed by atoms with van der Waals surface area (Å²) in [6, 6.07) is 3.80. The predicted molar refractivity (Wildman–Crippen MR) is 63.1 cm³/mol. The summed E-state index contributed by atoms with van der Waals surface area (Å²) in [4.78, 5) is 10.6. The average molecular weight is 294 g/mol. The van der Waals surface area contributed by atoms with Crippen LogP contribution in [0.25, 0.3) is 0 Å². The standard InChI is InChI=1S/C13H14F4O3/c1-8(6-12(19,7-18)13(15,16)17)9-4-3-5-10(14)11(9)20-2/h3-5,7-8,19H,6H2,1-2H3. The van der Waals surface area contributed by atoms with Crippen molar-refractivity contribution in [3.63, 3.8) is 0 Å². The number of halogens is 4. The number of ether oxygens (including phenoxy) is 1. The van der Waals surface area contributed by atoms with Crippen molar-refractivity contribution >= 4 is 6.29 Å². The number of alkyl halides is 3. The Morgan fingerprint density at radius 3 is 2.45 bits per heavy atom. The van der Waals surface area contributed by atoms with E-state index in [1.165, 1.54) is 26.2 Å². The summed E-state index contributed by atoms with van der Waals surface area (Å²) in [5, 5.41) is 9.39. The lowest BCUT2D eigenvalue weighted by Crippen LogP contribution is -2.47. The van der Waals surface area contributed by atoms with Crippen LogP contribution >= 0.6 is 0 Å². The fourth-order valence-corrected chi connectivity index (χ4v) is 1.94. The Morgan fingerprint density at radius 2 is 2.00 bits per heavy atom. The van der Waals surface area contributed by atoms with Crippen LogP contribution in [0.3, 0.4) is 0 Å². The van der Waals surface area contributed by atoms with Crippen molar-refractivity contribution < 1.29 is 32.2 Å². The third kappa shape index (κ3) is 3.09. The topological polar surface area (TPSA) is 46.5 Å². The largest absolute Gasteiger partial charge is 0.493 e. The molecule has 1 aromatic rings. The van der Waals surface area contributed by atoms with Crippen LogP contribution in [0.15, 0.2) is 18.2 Å². The molecule has 2 unspecified atom stereocenters. The highest BCUT2D eigenvalue weighted by atomic mass is 19.4. The maximum Gasteiger partial charge on any atom is 0.424 e. The summed E-state index contributed by atoms with van der Waals surface area (Å²) < 4.78 is 56.3. The summed E-state index contributed by atoms with van der Waals surface area (Å²) in [6.07, 6.45) is -6.56. The average Bonchev–Trinajstić information content (AvgIpc) is 2.36. The first-order valence-electron chi connectivity index (χ1n) is 5.74. The normalized spacial score (nSPS) is 16.4. The highest BCUT2D eigenvalue weighted by Gasteiger charge is 2.54. The molecule has 0 heterocycles. The van der Waals surface area contributed by atoms with Gasteiger partial charge in [-0.05, 0) is 18.4 Å². The van der Waals surface area contributed by atoms with E-state index in [2.05, 4.69) is 0 Å². The van der Waals surface area contributed by atoms with E-state index in [0.29, 0.717) is 0 Å². The first-order chi connectivity index (χ1) is 9.16. The number of benzene rings is 1. The molecule has 2 atom stereocenters. The molecule has 1 rings (SSSR count). The van der Waals surface area contributed by atoms with Crippen LogP contribution in [-0.4, -0.2) is 30.3 Å². The minimum Gasteiger partial charge on any atom is -0.493 e. The molecule has 0 aliphatic carbocycles. The summed E-state index contributed by atoms with van der Waals surface area (Å²) >= 11 is 0. The quantitative estimate of drug-likeness (QED) is 0.671. The molecule has 1 N–H and O–H groups in total. The number of aliphatic hydroxyl groups is 1. The lowest BCUT2D eigenvalue weighted by atomic mass is 9.87. The molecule has 0 radical (unpaired) electrons. The zero-order valence-corrected chi connectivity index (χ0v) is 10.9. The second kappa shape index (κ2) is 5.78. The van der Waals surface area contributed by atoms with Crippen molar-refractivity contribution in [2.75, 3.05) is 7.11 Å². The third-order valence-electron chi connectivity index (χ3n) is 3.04. The fraction of sp³-hybridized carbons (Fsp3) is 0.462. The highest BCUT2D eigenvalue weighted by Crippen LogP contribution is 2.39. The maximum atomic E-state index is 13.5. The molecule has 1 aromatic carbocycles. The summed E-state index contributed by atoms with van der Waals surface area (Å²) in [5.41, 5.74) is -3.32. The van der Waals surface area contributed by atoms with Gasteiger partial charge in [0.2, 0.25) is 5.60 Å². The monoisotopic (exact) mass is 294 g/mol. The van der Waals surface area contributed by atoms with E-state index < -0.39 is 36.2 Å². The number of carbonyl (C=O) groups is 1. The smallest absolute Gasteiger partial charge is 0.424 e. The third-order valence-corrected chi connectivity index (χ3v) is 3.04. The Labute approximate surface area is 113 Å². The van der Waals surface area contributed by atoms with Gasteiger partial charge in [-0.15, -0.1) is 0 Å². The van der Waals surface area contributed by atoms with Crippen molar-refractivity contribution in [1.29, 1.82) is 0 Å². The van der Waals surface area contributed by atoms with Gasteiger partial charge in [0, 0.05) is 5.56 Å². The van der Waals surface area contributed by atoms with Gasteiger partial charge in [0.15, 0.2) is 17.9 Å². The summed E-state index contributed by atoms with van der Waals surface area (Å²) in [6.45, 7) is 1.34. The van der Waals surface area contributed by atoms with Crippen LogP contribution in [0.5, 0.6) is 5.75 Å². The second-order valence-corrected chi connectivity index (χ2v) is 4.51. The van der Waals surface area contributed by atoms with Crippen LogP contribution in [0, 0.1) is 5.82 Å². The highest BCUT2D eigenvalue weighted by molar-refractivity contribution is 5.64. The molecule has 0 spiro atoms. The van der Waals surface area contributed by atoms with Gasteiger partial charge in [0.05, 0.1) is 7.11 Å². The molecule has 0 saturated heterocycles. The number of para-hydroxylation sites is 1. The van der Waals surface area contributed by atoms with Gasteiger partial charge in [-0.3, -0.25) is 4.79 Å². The first kappa shape index (κ1) is 16.4. The Kier molecular flexibility index (Phi) is 4.75. The van der Waals surface area contributed by atoms with E-state index in [-0.39, 0.29) is 11.3 Å². The number of aldehydes is 1. The van der Waals surface area contributed by atoms with Gasteiger partial charge in [-0.2, -0.15) is 13.2 Å². The minimum atomic E-state index is -5.09. The summed E-state index contributed by atoms with van der Waals surface area (Å²) in [5.74, 6) is -1.86. The molecule has 112 valence electrons. The molecule has 20 heavy (non-hydrogen) atoms. The van der Waals surface area contributed by atoms with Crippen molar-refractivity contribution in [2.45, 2.75) is 31.0 Å². The molecular weight excluding hydrogens is 280 g/mol. The number of methoxy groups -OCH3 is 1. The fourth-order valence-electron chi connectivity index (χ4n) is 1.94. The van der Waals surface area contributed by atoms with Gasteiger partial charge in [0.25, 0.3) is 0 Å². The van der Waals surface area contributed by atoms with Crippen LogP contribution in [0.2, 0.25) is 0 Å². The van der Waals surface area contributed by atoms with Crippen molar-refractivity contribution in [2.24, 2.45) is 0 Å². The van der Waals surface area contributed by atoms with Gasteiger partial charge in [-0.1, -0.05) is 19.1 Å². The SMILES string of the molecule is COc1c(F)cccc1C(C)CC(O)(C=O)C(F)(F)F. The zero-order chi connectivity index (χ0) is 15.6. The van der Waals surface area contributed by atoms with Gasteiger partial charge < -0.3 is 9.84 Å². The van der Waals surface area contributed by atoms with E-state index in [9.17, 15) is 27.5 Å². The molecule has 0 fully saturated rings. The molecule has 0 aromatic heterocycles. The number of hydrogen-bond acceptors (Lipinski definition) is 3. The molecule has 0 aliphatic heterocycles. The number of hydrogen-bond donors (Lipinski definition) is 1. The van der Waals surface area contributed by atoms with E-state index in [1.54, 1.807) is 0 Å².